The van der Waals surface area contributed by atoms with Gasteiger partial charge >= 0.3 is 6.09 Å². The molecule has 1 aromatic carbocycles. The van der Waals surface area contributed by atoms with E-state index in [-0.39, 0.29) is 17.2 Å². The Morgan fingerprint density at radius 1 is 1.20 bits per heavy atom. The van der Waals surface area contributed by atoms with E-state index in [1.54, 1.807) is 30.2 Å². The largest absolute Gasteiger partial charge is 0.450 e. The van der Waals surface area contributed by atoms with Gasteiger partial charge < -0.3 is 19.1 Å². The number of carbonyl (C=O) groups excluding carboxylic acids is 1. The van der Waals surface area contributed by atoms with E-state index in [0.717, 1.165) is 22.5 Å². The summed E-state index contributed by atoms with van der Waals surface area (Å²) >= 11 is 6.09. The summed E-state index contributed by atoms with van der Waals surface area (Å²) < 4.78 is 20.9. The van der Waals surface area contributed by atoms with Crippen LogP contribution in [0.25, 0.3) is 28.0 Å². The van der Waals surface area contributed by atoms with Crippen LogP contribution in [0, 0.1) is 5.82 Å². The van der Waals surface area contributed by atoms with Gasteiger partial charge in [0.25, 0.3) is 0 Å². The van der Waals surface area contributed by atoms with Gasteiger partial charge in [0, 0.05) is 49.3 Å². The number of hydrogen-bond donors (Lipinski definition) is 0. The monoisotopic (exact) mass is 494 g/mol. The van der Waals surface area contributed by atoms with Crippen molar-refractivity contribution in [1.29, 1.82) is 0 Å². The number of halogens is 2. The Kier molecular flexibility index (Phi) is 6.25. The average molecular weight is 495 g/mol. The molecule has 35 heavy (non-hydrogen) atoms. The first kappa shape index (κ1) is 23.0. The Morgan fingerprint density at radius 2 is 2.06 bits per heavy atom. The molecular formula is C25H24ClFN6O2. The van der Waals surface area contributed by atoms with Crippen molar-refractivity contribution in [3.63, 3.8) is 0 Å². The molecule has 1 amide bonds. The third kappa shape index (κ3) is 4.27. The fourth-order valence-electron chi connectivity index (χ4n) is 4.46. The lowest BCUT2D eigenvalue weighted by Crippen LogP contribution is -2.54. The number of aromatic nitrogens is 4. The van der Waals surface area contributed by atoms with Crippen LogP contribution in [0.15, 0.2) is 55.1 Å². The molecule has 1 saturated heterocycles. The summed E-state index contributed by atoms with van der Waals surface area (Å²) in [5.74, 6) is 0.263. The van der Waals surface area contributed by atoms with Crippen molar-refractivity contribution < 1.29 is 13.9 Å². The number of anilines is 1. The second kappa shape index (κ2) is 9.50. The molecule has 0 bridgehead atoms. The van der Waals surface area contributed by atoms with Crippen molar-refractivity contribution in [2.24, 2.45) is 0 Å². The van der Waals surface area contributed by atoms with Gasteiger partial charge in [-0.05, 0) is 44.2 Å². The topological polar surface area (TPSA) is 76.4 Å². The van der Waals surface area contributed by atoms with Crippen molar-refractivity contribution in [1.82, 2.24) is 24.4 Å². The zero-order chi connectivity index (χ0) is 24.5. The SMILES string of the molecule is CCOC(=O)N1CCN(c2ncnc3c2c(-c2ccccn2)cn3-c2ccc(F)c(Cl)c2)C(C)C1. The number of ether oxygens (including phenoxy) is 1. The van der Waals surface area contributed by atoms with Gasteiger partial charge in [0.15, 0.2) is 5.65 Å². The number of rotatable bonds is 4. The number of benzene rings is 1. The molecule has 10 heteroatoms. The fraction of sp³-hybridized carbons (Fsp3) is 0.280. The van der Waals surface area contributed by atoms with Crippen LogP contribution in [0.5, 0.6) is 0 Å². The maximum absolute atomic E-state index is 13.9. The summed E-state index contributed by atoms with van der Waals surface area (Å²) in [6.07, 6.45) is 4.87. The lowest BCUT2D eigenvalue weighted by atomic mass is 10.1. The Bertz CT molecular complexity index is 1380. The lowest BCUT2D eigenvalue weighted by Gasteiger charge is -2.40. The summed E-state index contributed by atoms with van der Waals surface area (Å²) in [5, 5.41) is 0.852. The van der Waals surface area contributed by atoms with Crippen LogP contribution in [0.4, 0.5) is 15.0 Å². The van der Waals surface area contributed by atoms with E-state index in [0.29, 0.717) is 37.6 Å². The lowest BCUT2D eigenvalue weighted by molar-refractivity contribution is 0.100. The molecule has 4 aromatic rings. The molecule has 0 radical (unpaired) electrons. The Labute approximate surface area is 206 Å². The highest BCUT2D eigenvalue weighted by atomic mass is 35.5. The van der Waals surface area contributed by atoms with Gasteiger partial charge in [-0.25, -0.2) is 19.2 Å². The van der Waals surface area contributed by atoms with Crippen molar-refractivity contribution in [3.8, 4) is 16.9 Å². The van der Waals surface area contributed by atoms with Crippen molar-refractivity contribution >= 4 is 34.5 Å². The maximum Gasteiger partial charge on any atom is 0.409 e. The predicted octanol–water partition coefficient (Wildman–Crippen LogP) is 4.94. The van der Waals surface area contributed by atoms with Crippen LogP contribution < -0.4 is 4.90 Å². The number of piperazine rings is 1. The molecule has 5 rings (SSSR count). The standard InChI is InChI=1S/C25H24ClFN6O2/c1-3-35-25(34)31-10-11-32(16(2)13-31)23-22-18(21-6-4-5-9-28-21)14-33(24(22)30-15-29-23)17-7-8-20(27)19(26)12-17/h4-9,12,14-16H,3,10-11,13H2,1-2H3. The molecule has 1 atom stereocenters. The minimum Gasteiger partial charge on any atom is -0.450 e. The molecule has 1 aliphatic rings. The van der Waals surface area contributed by atoms with Gasteiger partial charge in [-0.3, -0.25) is 4.98 Å². The molecule has 3 aromatic heterocycles. The Hall–Kier alpha value is -3.72. The van der Waals surface area contributed by atoms with E-state index < -0.39 is 5.82 Å². The third-order valence-electron chi connectivity index (χ3n) is 6.11. The highest BCUT2D eigenvalue weighted by Crippen LogP contribution is 2.37. The minimum atomic E-state index is -0.486. The van der Waals surface area contributed by atoms with E-state index in [1.165, 1.54) is 12.4 Å². The molecule has 0 aliphatic carbocycles. The predicted molar refractivity (Wildman–Crippen MR) is 132 cm³/mol. The van der Waals surface area contributed by atoms with Gasteiger partial charge in [0.05, 0.1) is 22.7 Å². The van der Waals surface area contributed by atoms with Gasteiger partial charge in [0.2, 0.25) is 0 Å². The number of nitrogens with zero attached hydrogens (tertiary/aromatic N) is 6. The number of fused-ring (bicyclic) bond motifs is 1. The van der Waals surface area contributed by atoms with E-state index in [4.69, 9.17) is 16.3 Å². The van der Waals surface area contributed by atoms with Crippen molar-refractivity contribution in [2.75, 3.05) is 31.1 Å². The van der Waals surface area contributed by atoms with Crippen LogP contribution in [0.3, 0.4) is 0 Å². The highest BCUT2D eigenvalue weighted by molar-refractivity contribution is 6.30. The zero-order valence-corrected chi connectivity index (χ0v) is 20.1. The Balaban J connectivity index is 1.64. The van der Waals surface area contributed by atoms with Crippen LogP contribution in [-0.4, -0.2) is 62.8 Å². The average Bonchev–Trinajstić information content (AvgIpc) is 3.26. The van der Waals surface area contributed by atoms with Gasteiger partial charge in [0.1, 0.15) is 18.0 Å². The molecule has 0 saturated carbocycles. The molecule has 180 valence electrons. The summed E-state index contributed by atoms with van der Waals surface area (Å²) in [5.41, 5.74) is 2.93. The van der Waals surface area contributed by atoms with E-state index >= 15 is 0 Å². The summed E-state index contributed by atoms with van der Waals surface area (Å²) in [6.45, 7) is 5.80. The second-order valence-electron chi connectivity index (χ2n) is 8.31. The van der Waals surface area contributed by atoms with Crippen LogP contribution in [-0.2, 0) is 4.74 Å². The Morgan fingerprint density at radius 3 is 2.77 bits per heavy atom. The number of carbonyl (C=O) groups is 1. The molecular weight excluding hydrogens is 471 g/mol. The first-order valence-electron chi connectivity index (χ1n) is 11.4. The fourth-order valence-corrected chi connectivity index (χ4v) is 4.64. The van der Waals surface area contributed by atoms with Crippen molar-refractivity contribution in [3.05, 3.63) is 66.0 Å². The van der Waals surface area contributed by atoms with E-state index in [1.807, 2.05) is 29.0 Å². The van der Waals surface area contributed by atoms with Crippen LogP contribution in [0.1, 0.15) is 13.8 Å². The van der Waals surface area contributed by atoms with E-state index in [2.05, 4.69) is 26.8 Å². The second-order valence-corrected chi connectivity index (χ2v) is 8.72. The van der Waals surface area contributed by atoms with E-state index in [9.17, 15) is 9.18 Å². The van der Waals surface area contributed by atoms with Gasteiger partial charge in [-0.2, -0.15) is 0 Å². The molecule has 0 spiro atoms. The number of amides is 1. The quantitative estimate of drug-likeness (QED) is 0.400. The first-order valence-corrected chi connectivity index (χ1v) is 11.8. The summed E-state index contributed by atoms with van der Waals surface area (Å²) in [6, 6.07) is 10.3. The molecule has 8 nitrogen and oxygen atoms in total. The van der Waals surface area contributed by atoms with Crippen LogP contribution >= 0.6 is 11.6 Å². The van der Waals surface area contributed by atoms with Crippen LogP contribution in [0.2, 0.25) is 5.02 Å². The number of hydrogen-bond acceptors (Lipinski definition) is 6. The number of pyridine rings is 1. The first-order chi connectivity index (χ1) is 17.0. The molecule has 1 fully saturated rings. The zero-order valence-electron chi connectivity index (χ0n) is 19.4. The highest BCUT2D eigenvalue weighted by Gasteiger charge is 2.31. The van der Waals surface area contributed by atoms with Gasteiger partial charge in [-0.15, -0.1) is 0 Å². The summed E-state index contributed by atoms with van der Waals surface area (Å²) in [4.78, 5) is 30.0. The normalized spacial score (nSPS) is 16.1. The minimum absolute atomic E-state index is 0.00791. The maximum atomic E-state index is 13.9. The summed E-state index contributed by atoms with van der Waals surface area (Å²) in [7, 11) is 0. The molecule has 1 unspecified atom stereocenters. The molecule has 1 aliphatic heterocycles. The van der Waals surface area contributed by atoms with Gasteiger partial charge in [-0.1, -0.05) is 17.7 Å². The third-order valence-corrected chi connectivity index (χ3v) is 6.40. The molecule has 4 heterocycles. The smallest absolute Gasteiger partial charge is 0.409 e. The molecule has 0 N–H and O–H groups in total. The van der Waals surface area contributed by atoms with Crippen molar-refractivity contribution in [2.45, 2.75) is 19.9 Å².